The quantitative estimate of drug-likeness (QED) is 0.447. The summed E-state index contributed by atoms with van der Waals surface area (Å²) in [7, 11) is 1.59. The van der Waals surface area contributed by atoms with Gasteiger partial charge in [-0.3, -0.25) is 9.59 Å². The van der Waals surface area contributed by atoms with Crippen LogP contribution in [-0.4, -0.2) is 31.7 Å². The van der Waals surface area contributed by atoms with Gasteiger partial charge in [-0.15, -0.1) is 0 Å². The number of amides is 2. The number of benzene rings is 2. The molecule has 2 aromatic carbocycles. The van der Waals surface area contributed by atoms with Crippen LogP contribution in [0.15, 0.2) is 58.1 Å². The van der Waals surface area contributed by atoms with Crippen LogP contribution in [0.4, 0.5) is 0 Å². The molecule has 2 amide bonds. The summed E-state index contributed by atoms with van der Waals surface area (Å²) in [6, 6.07) is 15.0. The summed E-state index contributed by atoms with van der Waals surface area (Å²) in [4.78, 5) is 24.6. The molecule has 0 aromatic heterocycles. The Labute approximate surface area is 159 Å². The number of carbonyl (C=O) groups is 2. The molecule has 0 spiro atoms. The molecule has 1 aliphatic rings. The maximum atomic E-state index is 12.5. The molecule has 1 heterocycles. The van der Waals surface area contributed by atoms with Gasteiger partial charge in [0.15, 0.2) is 0 Å². The lowest BCUT2D eigenvalue weighted by Gasteiger charge is -2.15. The highest BCUT2D eigenvalue weighted by Gasteiger charge is 2.40. The zero-order valence-corrected chi connectivity index (χ0v) is 15.7. The van der Waals surface area contributed by atoms with E-state index in [0.29, 0.717) is 12.3 Å². The minimum atomic E-state index is -0.794. The Morgan fingerprint density at radius 1 is 1.31 bits per heavy atom. The Bertz CT molecular complexity index is 839. The standard InChI is InChI=1S/C19H18BrN3O3/c1-26-16-8-7-12(9-15(16)20)10-22-23-19(25)17-14(11-21-18(17)24)13-5-3-2-4-6-13/h2-10,14,17H,11H2,1H3,(H,21,24)(H,23,25)/t14-,17+/m0/s1. The summed E-state index contributed by atoms with van der Waals surface area (Å²) in [5.41, 5.74) is 4.21. The summed E-state index contributed by atoms with van der Waals surface area (Å²) >= 11 is 3.40. The molecule has 7 heteroatoms. The molecule has 2 aromatic rings. The van der Waals surface area contributed by atoms with Crippen LogP contribution < -0.4 is 15.5 Å². The lowest BCUT2D eigenvalue weighted by Crippen LogP contribution is -2.34. The molecule has 2 atom stereocenters. The molecular weight excluding hydrogens is 398 g/mol. The van der Waals surface area contributed by atoms with Crippen molar-refractivity contribution < 1.29 is 14.3 Å². The van der Waals surface area contributed by atoms with Gasteiger partial charge in [-0.25, -0.2) is 5.43 Å². The van der Waals surface area contributed by atoms with Crippen LogP contribution in [0.5, 0.6) is 5.75 Å². The summed E-state index contributed by atoms with van der Waals surface area (Å²) in [6.07, 6.45) is 1.52. The number of halogens is 1. The predicted octanol–water partition coefficient (Wildman–Crippen LogP) is 2.44. The van der Waals surface area contributed by atoms with Crippen LogP contribution >= 0.6 is 15.9 Å². The molecule has 6 nitrogen and oxygen atoms in total. The normalized spacial score (nSPS) is 19.4. The van der Waals surface area contributed by atoms with Gasteiger partial charge in [-0.2, -0.15) is 5.10 Å². The average molecular weight is 416 g/mol. The van der Waals surface area contributed by atoms with Crippen molar-refractivity contribution in [3.63, 3.8) is 0 Å². The molecule has 1 saturated heterocycles. The van der Waals surface area contributed by atoms with Crippen LogP contribution in [-0.2, 0) is 9.59 Å². The Morgan fingerprint density at radius 3 is 2.77 bits per heavy atom. The highest BCUT2D eigenvalue weighted by atomic mass is 79.9. The minimum Gasteiger partial charge on any atom is -0.496 e. The molecule has 0 aliphatic carbocycles. The first-order valence-corrected chi connectivity index (χ1v) is 8.88. The third-order valence-corrected chi connectivity index (χ3v) is 4.88. The van der Waals surface area contributed by atoms with Crippen molar-refractivity contribution >= 4 is 34.0 Å². The largest absolute Gasteiger partial charge is 0.496 e. The van der Waals surface area contributed by atoms with Crippen molar-refractivity contribution in [2.24, 2.45) is 11.0 Å². The molecule has 0 unspecified atom stereocenters. The van der Waals surface area contributed by atoms with Crippen LogP contribution in [0.3, 0.4) is 0 Å². The molecule has 0 radical (unpaired) electrons. The van der Waals surface area contributed by atoms with E-state index < -0.39 is 11.8 Å². The summed E-state index contributed by atoms with van der Waals surface area (Å²) in [5, 5.41) is 6.73. The first-order valence-electron chi connectivity index (χ1n) is 8.09. The van der Waals surface area contributed by atoms with Crippen molar-refractivity contribution in [2.75, 3.05) is 13.7 Å². The van der Waals surface area contributed by atoms with Gasteiger partial charge in [0.2, 0.25) is 5.91 Å². The van der Waals surface area contributed by atoms with Crippen LogP contribution in [0.25, 0.3) is 0 Å². The van der Waals surface area contributed by atoms with E-state index >= 15 is 0 Å². The van der Waals surface area contributed by atoms with Crippen molar-refractivity contribution in [2.45, 2.75) is 5.92 Å². The number of hydrogen-bond acceptors (Lipinski definition) is 4. The maximum absolute atomic E-state index is 12.5. The number of hydrazone groups is 1. The summed E-state index contributed by atoms with van der Waals surface area (Å²) in [5.74, 6) is -0.984. The molecule has 1 aliphatic heterocycles. The second kappa shape index (κ2) is 8.14. The lowest BCUT2D eigenvalue weighted by atomic mass is 9.88. The highest BCUT2D eigenvalue weighted by Crippen LogP contribution is 2.29. The SMILES string of the molecule is COc1ccc(C=NNC(=O)[C@H]2C(=O)NC[C@H]2c2ccccc2)cc1Br. The molecule has 1 fully saturated rings. The number of carbonyl (C=O) groups excluding carboxylic acids is 2. The predicted molar refractivity (Wildman–Crippen MR) is 102 cm³/mol. The maximum Gasteiger partial charge on any atom is 0.253 e. The molecule has 3 rings (SSSR count). The number of methoxy groups -OCH3 is 1. The van der Waals surface area contributed by atoms with E-state index in [1.807, 2.05) is 42.5 Å². The first kappa shape index (κ1) is 18.1. The van der Waals surface area contributed by atoms with E-state index in [0.717, 1.165) is 15.6 Å². The fourth-order valence-electron chi connectivity index (χ4n) is 2.94. The van der Waals surface area contributed by atoms with E-state index in [-0.39, 0.29) is 11.8 Å². The molecule has 26 heavy (non-hydrogen) atoms. The second-order valence-electron chi connectivity index (χ2n) is 5.87. The molecule has 0 bridgehead atoms. The van der Waals surface area contributed by atoms with E-state index in [9.17, 15) is 9.59 Å². The average Bonchev–Trinajstić information content (AvgIpc) is 3.04. The van der Waals surface area contributed by atoms with Crippen molar-refractivity contribution in [3.05, 3.63) is 64.1 Å². The summed E-state index contributed by atoms with van der Waals surface area (Å²) in [6.45, 7) is 0.441. The topological polar surface area (TPSA) is 79.8 Å². The zero-order chi connectivity index (χ0) is 18.5. The van der Waals surface area contributed by atoms with Gasteiger partial charge in [-0.05, 0) is 45.3 Å². The van der Waals surface area contributed by atoms with E-state index in [1.54, 1.807) is 13.2 Å². The van der Waals surface area contributed by atoms with E-state index in [2.05, 4.69) is 31.8 Å². The Kier molecular flexibility index (Phi) is 5.68. The monoisotopic (exact) mass is 415 g/mol. The number of nitrogens with one attached hydrogen (secondary N) is 2. The number of ether oxygens (including phenoxy) is 1. The highest BCUT2D eigenvalue weighted by molar-refractivity contribution is 9.10. The van der Waals surface area contributed by atoms with Gasteiger partial charge in [0.25, 0.3) is 5.91 Å². The van der Waals surface area contributed by atoms with E-state index in [4.69, 9.17) is 4.74 Å². The van der Waals surface area contributed by atoms with Crippen molar-refractivity contribution in [1.29, 1.82) is 0 Å². The fourth-order valence-corrected chi connectivity index (χ4v) is 3.49. The second-order valence-corrected chi connectivity index (χ2v) is 6.72. The third-order valence-electron chi connectivity index (χ3n) is 4.26. The molecular formula is C19H18BrN3O3. The van der Waals surface area contributed by atoms with Gasteiger partial charge in [0.05, 0.1) is 17.8 Å². The van der Waals surface area contributed by atoms with Gasteiger partial charge in [0.1, 0.15) is 11.7 Å². The van der Waals surface area contributed by atoms with Crippen LogP contribution in [0.1, 0.15) is 17.0 Å². The Hall–Kier alpha value is -2.67. The number of nitrogens with zero attached hydrogens (tertiary/aromatic N) is 1. The van der Waals surface area contributed by atoms with Crippen LogP contribution in [0, 0.1) is 5.92 Å². The first-order chi connectivity index (χ1) is 12.6. The Morgan fingerprint density at radius 2 is 2.08 bits per heavy atom. The molecule has 2 N–H and O–H groups in total. The fraction of sp³-hybridized carbons (Fsp3) is 0.211. The number of rotatable bonds is 5. The molecule has 134 valence electrons. The van der Waals surface area contributed by atoms with Crippen molar-refractivity contribution in [3.8, 4) is 5.75 Å². The lowest BCUT2D eigenvalue weighted by molar-refractivity contribution is -0.133. The summed E-state index contributed by atoms with van der Waals surface area (Å²) < 4.78 is 5.96. The van der Waals surface area contributed by atoms with Gasteiger partial charge in [0, 0.05) is 12.5 Å². The smallest absolute Gasteiger partial charge is 0.253 e. The van der Waals surface area contributed by atoms with Crippen LogP contribution in [0.2, 0.25) is 0 Å². The minimum absolute atomic E-state index is 0.200. The van der Waals surface area contributed by atoms with E-state index in [1.165, 1.54) is 6.21 Å². The van der Waals surface area contributed by atoms with Crippen molar-refractivity contribution in [1.82, 2.24) is 10.7 Å². The van der Waals surface area contributed by atoms with Gasteiger partial charge >= 0.3 is 0 Å². The third kappa shape index (κ3) is 3.94. The molecule has 0 saturated carbocycles. The van der Waals surface area contributed by atoms with Gasteiger partial charge < -0.3 is 10.1 Å². The van der Waals surface area contributed by atoms with Gasteiger partial charge in [-0.1, -0.05) is 30.3 Å². The Balaban J connectivity index is 1.68. The number of hydrogen-bond donors (Lipinski definition) is 2. The zero-order valence-electron chi connectivity index (χ0n) is 14.1.